The average molecular weight is 474 g/mol. The van der Waals surface area contributed by atoms with E-state index in [2.05, 4.69) is 5.32 Å². The van der Waals surface area contributed by atoms with Crippen molar-refractivity contribution in [2.24, 2.45) is 0 Å². The molecule has 34 heavy (non-hydrogen) atoms. The number of ether oxygens (including phenoxy) is 2. The fourth-order valence-corrected chi connectivity index (χ4v) is 4.28. The summed E-state index contributed by atoms with van der Waals surface area (Å²) in [5, 5.41) is 2.55. The van der Waals surface area contributed by atoms with Crippen LogP contribution in [0.25, 0.3) is 10.9 Å². The number of halogens is 3. The average Bonchev–Trinajstić information content (AvgIpc) is 3.23. The standard InChI is InChI=1S/C24H21F3N2O5/c1-3-33-23(31)15-11-29(20-13(22(15)30)9-16(25)18(26)19(20)27)21(24(32)34-4-2)14-10-28-17-8-6-5-7-12(14)17/h5-9,11,14,21,28H,3-4,10H2,1-2H3. The van der Waals surface area contributed by atoms with E-state index in [1.807, 2.05) is 0 Å². The van der Waals surface area contributed by atoms with Gasteiger partial charge in [0.05, 0.1) is 24.1 Å². The Morgan fingerprint density at radius 1 is 1.12 bits per heavy atom. The number of anilines is 1. The van der Waals surface area contributed by atoms with E-state index in [0.29, 0.717) is 11.6 Å². The van der Waals surface area contributed by atoms with Crippen LogP contribution in [0.3, 0.4) is 0 Å². The van der Waals surface area contributed by atoms with Crippen molar-refractivity contribution < 1.29 is 32.2 Å². The van der Waals surface area contributed by atoms with Gasteiger partial charge in [-0.2, -0.15) is 0 Å². The summed E-state index contributed by atoms with van der Waals surface area (Å²) in [6.45, 7) is 3.26. The van der Waals surface area contributed by atoms with Gasteiger partial charge >= 0.3 is 11.9 Å². The first-order chi connectivity index (χ1) is 16.3. The molecule has 2 atom stereocenters. The molecule has 0 saturated carbocycles. The van der Waals surface area contributed by atoms with Crippen LogP contribution in [0.2, 0.25) is 0 Å². The van der Waals surface area contributed by atoms with E-state index in [1.165, 1.54) is 6.92 Å². The zero-order chi connectivity index (χ0) is 24.6. The topological polar surface area (TPSA) is 86.6 Å². The molecular formula is C24H21F3N2O5. The second-order valence-corrected chi connectivity index (χ2v) is 7.65. The number of nitrogens with zero attached hydrogens (tertiary/aromatic N) is 1. The maximum absolute atomic E-state index is 15.1. The minimum absolute atomic E-state index is 0.00847. The Morgan fingerprint density at radius 3 is 2.53 bits per heavy atom. The van der Waals surface area contributed by atoms with Crippen molar-refractivity contribution in [1.82, 2.24) is 4.57 Å². The number of rotatable bonds is 6. The number of nitrogens with one attached hydrogen (secondary N) is 1. The predicted octanol–water partition coefficient (Wildman–Crippen LogP) is 3.91. The minimum atomic E-state index is -1.81. The first kappa shape index (κ1) is 23.3. The third kappa shape index (κ3) is 3.78. The number of para-hydroxylation sites is 1. The van der Waals surface area contributed by atoms with Crippen molar-refractivity contribution in [2.45, 2.75) is 25.8 Å². The summed E-state index contributed by atoms with van der Waals surface area (Å²) in [7, 11) is 0. The molecular weight excluding hydrogens is 453 g/mol. The highest BCUT2D eigenvalue weighted by molar-refractivity contribution is 5.94. The van der Waals surface area contributed by atoms with Crippen molar-refractivity contribution in [3.63, 3.8) is 0 Å². The highest BCUT2D eigenvalue weighted by Crippen LogP contribution is 2.40. The number of esters is 2. The van der Waals surface area contributed by atoms with E-state index in [4.69, 9.17) is 9.47 Å². The summed E-state index contributed by atoms with van der Waals surface area (Å²) in [5.41, 5.74) is -0.814. The molecule has 3 aromatic rings. The molecule has 0 spiro atoms. The van der Waals surface area contributed by atoms with Gasteiger partial charge in [-0.3, -0.25) is 4.79 Å². The second-order valence-electron chi connectivity index (χ2n) is 7.65. The van der Waals surface area contributed by atoms with E-state index in [-0.39, 0.29) is 19.8 Å². The Balaban J connectivity index is 2.07. The summed E-state index contributed by atoms with van der Waals surface area (Å²) < 4.78 is 54.6. The van der Waals surface area contributed by atoms with Crippen molar-refractivity contribution in [3.8, 4) is 0 Å². The zero-order valence-electron chi connectivity index (χ0n) is 18.4. The largest absolute Gasteiger partial charge is 0.464 e. The lowest BCUT2D eigenvalue weighted by atomic mass is 9.92. The molecule has 178 valence electrons. The third-order valence-corrected chi connectivity index (χ3v) is 5.73. The SMILES string of the molecule is CCOC(=O)c1cn(C(C(=O)OCC)C2CNc3ccccc32)c2c(F)c(F)c(F)cc2c1=O. The zero-order valence-corrected chi connectivity index (χ0v) is 18.4. The minimum Gasteiger partial charge on any atom is -0.464 e. The Kier molecular flexibility index (Phi) is 6.32. The van der Waals surface area contributed by atoms with Crippen LogP contribution in [-0.4, -0.2) is 36.3 Å². The van der Waals surface area contributed by atoms with Gasteiger partial charge < -0.3 is 19.4 Å². The highest BCUT2D eigenvalue weighted by atomic mass is 19.2. The maximum Gasteiger partial charge on any atom is 0.343 e. The van der Waals surface area contributed by atoms with E-state index >= 15 is 4.39 Å². The summed E-state index contributed by atoms with van der Waals surface area (Å²) in [4.78, 5) is 38.6. The summed E-state index contributed by atoms with van der Waals surface area (Å²) in [6, 6.07) is 6.30. The monoisotopic (exact) mass is 474 g/mol. The van der Waals surface area contributed by atoms with Crippen LogP contribution in [0.1, 0.15) is 41.7 Å². The van der Waals surface area contributed by atoms with Crippen molar-refractivity contribution in [1.29, 1.82) is 0 Å². The lowest BCUT2D eigenvalue weighted by Gasteiger charge is -2.27. The normalized spacial score (nSPS) is 15.5. The van der Waals surface area contributed by atoms with Crippen molar-refractivity contribution >= 4 is 28.5 Å². The Morgan fingerprint density at radius 2 is 1.82 bits per heavy atom. The fourth-order valence-electron chi connectivity index (χ4n) is 4.28. The molecule has 1 aliphatic heterocycles. The van der Waals surface area contributed by atoms with Crippen LogP contribution in [0.4, 0.5) is 18.9 Å². The molecule has 10 heteroatoms. The number of pyridine rings is 1. The van der Waals surface area contributed by atoms with Gasteiger partial charge in [0.25, 0.3) is 0 Å². The van der Waals surface area contributed by atoms with E-state index < -0.39 is 63.2 Å². The Bertz CT molecular complexity index is 1350. The summed E-state index contributed by atoms with van der Waals surface area (Å²) in [6.07, 6.45) is 0.950. The molecule has 0 amide bonds. The number of hydrogen-bond acceptors (Lipinski definition) is 6. The van der Waals surface area contributed by atoms with Gasteiger partial charge in [-0.05, 0) is 31.5 Å². The lowest BCUT2D eigenvalue weighted by Crippen LogP contribution is -2.32. The first-order valence-corrected chi connectivity index (χ1v) is 10.7. The Hall–Kier alpha value is -3.82. The van der Waals surface area contributed by atoms with Gasteiger partial charge in [0.1, 0.15) is 11.6 Å². The molecule has 1 N–H and O–H groups in total. The van der Waals surface area contributed by atoms with Crippen LogP contribution in [0, 0.1) is 17.5 Å². The fraction of sp³-hybridized carbons (Fsp3) is 0.292. The quantitative estimate of drug-likeness (QED) is 0.431. The second kappa shape index (κ2) is 9.20. The number of benzene rings is 2. The number of fused-ring (bicyclic) bond motifs is 2. The molecule has 2 unspecified atom stereocenters. The van der Waals surface area contributed by atoms with Crippen LogP contribution in [0.15, 0.2) is 41.3 Å². The van der Waals surface area contributed by atoms with Gasteiger partial charge in [0, 0.05) is 24.3 Å². The maximum atomic E-state index is 15.1. The van der Waals surface area contributed by atoms with Crippen LogP contribution in [-0.2, 0) is 14.3 Å². The number of aromatic nitrogens is 1. The number of carbonyl (C=O) groups is 2. The Labute approximate surface area is 192 Å². The smallest absolute Gasteiger partial charge is 0.343 e. The summed E-state index contributed by atoms with van der Waals surface area (Å²) in [5.74, 6) is -7.54. The van der Waals surface area contributed by atoms with Crippen molar-refractivity contribution in [2.75, 3.05) is 25.1 Å². The van der Waals surface area contributed by atoms with Crippen LogP contribution < -0.4 is 10.7 Å². The first-order valence-electron chi connectivity index (χ1n) is 10.7. The highest BCUT2D eigenvalue weighted by Gasteiger charge is 2.39. The lowest BCUT2D eigenvalue weighted by molar-refractivity contribution is -0.147. The van der Waals surface area contributed by atoms with Gasteiger partial charge in [-0.1, -0.05) is 18.2 Å². The molecule has 0 bridgehead atoms. The van der Waals surface area contributed by atoms with E-state index in [0.717, 1.165) is 16.5 Å². The molecule has 0 saturated heterocycles. The molecule has 2 heterocycles. The predicted molar refractivity (Wildman–Crippen MR) is 117 cm³/mol. The molecule has 0 aliphatic carbocycles. The molecule has 2 aromatic carbocycles. The molecule has 0 radical (unpaired) electrons. The molecule has 0 fully saturated rings. The van der Waals surface area contributed by atoms with Gasteiger partial charge in [-0.25, -0.2) is 22.8 Å². The van der Waals surface area contributed by atoms with Gasteiger partial charge in [0.2, 0.25) is 5.43 Å². The molecule has 4 rings (SSSR count). The number of hydrogen-bond donors (Lipinski definition) is 1. The van der Waals surface area contributed by atoms with Crippen molar-refractivity contribution in [3.05, 3.63) is 75.3 Å². The van der Waals surface area contributed by atoms with E-state index in [1.54, 1.807) is 31.2 Å². The van der Waals surface area contributed by atoms with Gasteiger partial charge in [-0.15, -0.1) is 0 Å². The van der Waals surface area contributed by atoms with E-state index in [9.17, 15) is 23.2 Å². The number of carbonyl (C=O) groups excluding carboxylic acids is 2. The van der Waals surface area contributed by atoms with Crippen LogP contribution in [0.5, 0.6) is 0 Å². The van der Waals surface area contributed by atoms with Crippen LogP contribution >= 0.6 is 0 Å². The summed E-state index contributed by atoms with van der Waals surface area (Å²) >= 11 is 0. The molecule has 1 aliphatic rings. The van der Waals surface area contributed by atoms with Gasteiger partial charge in [0.15, 0.2) is 17.5 Å². The molecule has 7 nitrogen and oxygen atoms in total. The third-order valence-electron chi connectivity index (χ3n) is 5.73. The molecule has 1 aromatic heterocycles.